The third-order valence-corrected chi connectivity index (χ3v) is 5.74. The molecule has 0 radical (unpaired) electrons. The van der Waals surface area contributed by atoms with E-state index in [2.05, 4.69) is 74.9 Å². The molecule has 4 heteroatoms. The highest BCUT2D eigenvalue weighted by atomic mass is 32.2. The standard InChI is InChI=1S/C20H26N2OS/c1-15-18-6-5-11-21(18)12-13-22(15)19(23)14-24-17-9-7-16(8-10-17)20(2,3)4/h5-11,15H,12-14H2,1-4H3. The van der Waals surface area contributed by atoms with Crippen molar-refractivity contribution in [1.29, 1.82) is 0 Å². The fourth-order valence-electron chi connectivity index (χ4n) is 3.20. The fourth-order valence-corrected chi connectivity index (χ4v) is 3.98. The molecule has 3 nitrogen and oxygen atoms in total. The van der Waals surface area contributed by atoms with Crippen molar-refractivity contribution in [1.82, 2.24) is 9.47 Å². The summed E-state index contributed by atoms with van der Waals surface area (Å²) < 4.78 is 2.24. The minimum atomic E-state index is 0.158. The molecule has 1 aromatic heterocycles. The van der Waals surface area contributed by atoms with Gasteiger partial charge in [0.15, 0.2) is 0 Å². The highest BCUT2D eigenvalue weighted by Crippen LogP contribution is 2.28. The minimum Gasteiger partial charge on any atom is -0.348 e. The highest BCUT2D eigenvalue weighted by molar-refractivity contribution is 8.00. The van der Waals surface area contributed by atoms with E-state index in [-0.39, 0.29) is 17.4 Å². The van der Waals surface area contributed by atoms with Crippen LogP contribution in [0.1, 0.15) is 45.0 Å². The van der Waals surface area contributed by atoms with Crippen molar-refractivity contribution in [2.24, 2.45) is 0 Å². The smallest absolute Gasteiger partial charge is 0.233 e. The molecule has 0 aliphatic carbocycles. The molecule has 0 saturated heterocycles. The Morgan fingerprint density at radius 2 is 1.88 bits per heavy atom. The van der Waals surface area contributed by atoms with Crippen LogP contribution in [0.15, 0.2) is 47.5 Å². The molecule has 1 amide bonds. The van der Waals surface area contributed by atoms with Crippen molar-refractivity contribution >= 4 is 17.7 Å². The zero-order valence-corrected chi connectivity index (χ0v) is 15.8. The Morgan fingerprint density at radius 1 is 1.17 bits per heavy atom. The monoisotopic (exact) mass is 342 g/mol. The summed E-state index contributed by atoms with van der Waals surface area (Å²) in [5, 5.41) is 0. The maximum atomic E-state index is 12.6. The summed E-state index contributed by atoms with van der Waals surface area (Å²) in [4.78, 5) is 15.8. The van der Waals surface area contributed by atoms with Gasteiger partial charge in [0.05, 0.1) is 11.8 Å². The molecular formula is C20H26N2OS. The van der Waals surface area contributed by atoms with Crippen molar-refractivity contribution in [3.8, 4) is 0 Å². The number of fused-ring (bicyclic) bond motifs is 1. The van der Waals surface area contributed by atoms with Crippen LogP contribution in [-0.4, -0.2) is 27.7 Å². The predicted octanol–water partition coefficient (Wildman–Crippen LogP) is 4.48. The SMILES string of the molecule is CC1c2cccn2CCN1C(=O)CSc1ccc(C(C)(C)C)cc1. The average Bonchev–Trinajstić information content (AvgIpc) is 3.02. The lowest BCUT2D eigenvalue weighted by Crippen LogP contribution is -2.41. The van der Waals surface area contributed by atoms with E-state index in [4.69, 9.17) is 0 Å². The van der Waals surface area contributed by atoms with Crippen LogP contribution in [0.4, 0.5) is 0 Å². The van der Waals surface area contributed by atoms with Crippen molar-refractivity contribution in [2.75, 3.05) is 12.3 Å². The molecule has 1 atom stereocenters. The second kappa shape index (κ2) is 6.67. The summed E-state index contributed by atoms with van der Waals surface area (Å²) in [5.74, 6) is 0.722. The lowest BCUT2D eigenvalue weighted by molar-refractivity contribution is -0.131. The molecule has 0 fully saturated rings. The second-order valence-corrected chi connectivity index (χ2v) is 8.50. The third-order valence-electron chi connectivity index (χ3n) is 4.74. The molecule has 1 aromatic carbocycles. The number of hydrogen-bond acceptors (Lipinski definition) is 2. The number of rotatable bonds is 3. The number of aromatic nitrogens is 1. The van der Waals surface area contributed by atoms with E-state index in [1.165, 1.54) is 11.3 Å². The maximum absolute atomic E-state index is 12.6. The predicted molar refractivity (Wildman–Crippen MR) is 100 cm³/mol. The molecule has 128 valence electrons. The van der Waals surface area contributed by atoms with E-state index in [9.17, 15) is 4.79 Å². The van der Waals surface area contributed by atoms with Crippen molar-refractivity contribution in [3.63, 3.8) is 0 Å². The maximum Gasteiger partial charge on any atom is 0.233 e. The van der Waals surface area contributed by atoms with Crippen LogP contribution in [0.25, 0.3) is 0 Å². The summed E-state index contributed by atoms with van der Waals surface area (Å²) in [6.45, 7) is 10.4. The number of benzene rings is 1. The van der Waals surface area contributed by atoms with Crippen LogP contribution < -0.4 is 0 Å². The van der Waals surface area contributed by atoms with Crippen molar-refractivity contribution in [3.05, 3.63) is 53.9 Å². The Balaban J connectivity index is 1.60. The molecular weight excluding hydrogens is 316 g/mol. The molecule has 24 heavy (non-hydrogen) atoms. The largest absolute Gasteiger partial charge is 0.348 e. The normalized spacial score (nSPS) is 17.7. The molecule has 0 bridgehead atoms. The number of nitrogens with zero attached hydrogens (tertiary/aromatic N) is 2. The van der Waals surface area contributed by atoms with Crippen LogP contribution in [0, 0.1) is 0 Å². The first kappa shape index (κ1) is 17.2. The zero-order valence-electron chi connectivity index (χ0n) is 15.0. The van der Waals surface area contributed by atoms with Gasteiger partial charge in [-0.3, -0.25) is 4.79 Å². The van der Waals surface area contributed by atoms with E-state index >= 15 is 0 Å². The van der Waals surface area contributed by atoms with Crippen LogP contribution in [0.5, 0.6) is 0 Å². The second-order valence-electron chi connectivity index (χ2n) is 7.45. The molecule has 1 aliphatic rings. The van der Waals surface area contributed by atoms with Gasteiger partial charge in [0.2, 0.25) is 5.91 Å². The van der Waals surface area contributed by atoms with Gasteiger partial charge in [-0.2, -0.15) is 0 Å². The topological polar surface area (TPSA) is 25.2 Å². The number of thioether (sulfide) groups is 1. The molecule has 0 N–H and O–H groups in total. The average molecular weight is 343 g/mol. The Labute approximate surface area is 149 Å². The number of carbonyl (C=O) groups is 1. The summed E-state index contributed by atoms with van der Waals surface area (Å²) in [6, 6.07) is 12.9. The molecule has 3 rings (SSSR count). The van der Waals surface area contributed by atoms with E-state index in [1.54, 1.807) is 11.8 Å². The lowest BCUT2D eigenvalue weighted by atomic mass is 9.87. The van der Waals surface area contributed by atoms with Gasteiger partial charge in [0, 0.05) is 29.9 Å². The summed E-state index contributed by atoms with van der Waals surface area (Å²) in [5.41, 5.74) is 2.72. The van der Waals surface area contributed by atoms with Gasteiger partial charge in [-0.25, -0.2) is 0 Å². The van der Waals surface area contributed by atoms with Gasteiger partial charge < -0.3 is 9.47 Å². The van der Waals surface area contributed by atoms with Gasteiger partial charge in [-0.05, 0) is 42.2 Å². The molecule has 0 spiro atoms. The first-order valence-corrected chi connectivity index (χ1v) is 9.52. The van der Waals surface area contributed by atoms with Crippen molar-refractivity contribution < 1.29 is 4.79 Å². The summed E-state index contributed by atoms with van der Waals surface area (Å²) in [6.07, 6.45) is 2.10. The highest BCUT2D eigenvalue weighted by Gasteiger charge is 2.27. The van der Waals surface area contributed by atoms with Gasteiger partial charge in [-0.15, -0.1) is 11.8 Å². The molecule has 2 aromatic rings. The first-order chi connectivity index (χ1) is 11.4. The Bertz CT molecular complexity index is 712. The van der Waals surface area contributed by atoms with Gasteiger partial charge >= 0.3 is 0 Å². The zero-order chi connectivity index (χ0) is 17.3. The van der Waals surface area contributed by atoms with Gasteiger partial charge in [0.25, 0.3) is 0 Å². The molecule has 1 aliphatic heterocycles. The summed E-state index contributed by atoms with van der Waals surface area (Å²) in [7, 11) is 0. The summed E-state index contributed by atoms with van der Waals surface area (Å²) >= 11 is 1.63. The van der Waals surface area contributed by atoms with Crippen LogP contribution in [0.3, 0.4) is 0 Å². The van der Waals surface area contributed by atoms with Crippen LogP contribution in [0.2, 0.25) is 0 Å². The van der Waals surface area contributed by atoms with E-state index < -0.39 is 0 Å². The first-order valence-electron chi connectivity index (χ1n) is 8.54. The molecule has 2 heterocycles. The van der Waals surface area contributed by atoms with E-state index in [0.29, 0.717) is 5.75 Å². The lowest BCUT2D eigenvalue weighted by Gasteiger charge is -2.35. The van der Waals surface area contributed by atoms with Gasteiger partial charge in [0.1, 0.15) is 0 Å². The van der Waals surface area contributed by atoms with E-state index in [0.717, 1.165) is 18.0 Å². The quantitative estimate of drug-likeness (QED) is 0.768. The Kier molecular flexibility index (Phi) is 4.77. The van der Waals surface area contributed by atoms with Crippen LogP contribution >= 0.6 is 11.8 Å². The fraction of sp³-hybridized carbons (Fsp3) is 0.450. The number of carbonyl (C=O) groups excluding carboxylic acids is 1. The molecule has 1 unspecified atom stereocenters. The van der Waals surface area contributed by atoms with E-state index in [1.807, 2.05) is 4.90 Å². The number of hydrogen-bond donors (Lipinski definition) is 0. The van der Waals surface area contributed by atoms with Crippen LogP contribution in [-0.2, 0) is 16.8 Å². The minimum absolute atomic E-state index is 0.158. The third kappa shape index (κ3) is 3.54. The van der Waals surface area contributed by atoms with Gasteiger partial charge in [-0.1, -0.05) is 32.9 Å². The Hall–Kier alpha value is -1.68. The molecule has 0 saturated carbocycles. The van der Waals surface area contributed by atoms with Crippen molar-refractivity contribution in [2.45, 2.75) is 50.6 Å². The Morgan fingerprint density at radius 3 is 2.54 bits per heavy atom. The number of amides is 1.